The van der Waals surface area contributed by atoms with Gasteiger partial charge in [-0.25, -0.2) is 0 Å². The van der Waals surface area contributed by atoms with Crippen molar-refractivity contribution in [2.24, 2.45) is 0 Å². The van der Waals surface area contributed by atoms with Gasteiger partial charge in [0.05, 0.1) is 5.60 Å². The van der Waals surface area contributed by atoms with E-state index in [-0.39, 0.29) is 28.9 Å². The fourth-order valence-corrected chi connectivity index (χ4v) is 5.48. The highest BCUT2D eigenvalue weighted by Crippen LogP contribution is 2.44. The van der Waals surface area contributed by atoms with Crippen molar-refractivity contribution >= 4 is 10.8 Å². The molecule has 1 aromatic heterocycles. The van der Waals surface area contributed by atoms with E-state index in [0.29, 0.717) is 0 Å². The van der Waals surface area contributed by atoms with Crippen LogP contribution in [0.1, 0.15) is 37.7 Å². The summed E-state index contributed by atoms with van der Waals surface area (Å²) < 4.78 is 38.7. The first kappa shape index (κ1) is 13.1. The van der Waals surface area contributed by atoms with Crippen LogP contribution in [0.3, 0.4) is 0 Å². The zero-order chi connectivity index (χ0) is 13.6. The minimum absolute atomic E-state index is 0.0301. The Morgan fingerprint density at radius 2 is 1.89 bits per heavy atom. The number of rotatable bonds is 1. The monoisotopic (exact) mass is 287 g/mol. The lowest BCUT2D eigenvalue weighted by atomic mass is 9.81. The largest absolute Gasteiger partial charge is 0.385 e. The molecule has 2 bridgehead atoms. The second-order valence-electron chi connectivity index (χ2n) is 5.42. The van der Waals surface area contributed by atoms with Crippen molar-refractivity contribution in [1.29, 1.82) is 0 Å². The Bertz CT molecular complexity index is 521. The van der Waals surface area contributed by atoms with Gasteiger partial charge in [0.1, 0.15) is 0 Å². The highest BCUT2D eigenvalue weighted by Gasteiger charge is 2.47. The first-order chi connectivity index (χ1) is 8.99. The van der Waals surface area contributed by atoms with Crippen LogP contribution in [0.25, 0.3) is 0 Å². The van der Waals surface area contributed by atoms with Crippen LogP contribution in [-0.2, 0) is 16.4 Å². The molecule has 6 heteroatoms. The van der Waals surface area contributed by atoms with Crippen molar-refractivity contribution in [3.63, 3.8) is 0 Å². The van der Waals surface area contributed by atoms with Crippen molar-refractivity contribution in [2.45, 2.75) is 48.2 Å². The number of fused-ring (bicyclic) bond motifs is 2. The van der Waals surface area contributed by atoms with Crippen LogP contribution < -0.4 is 0 Å². The Morgan fingerprint density at radius 3 is 2.47 bits per heavy atom. The number of hydrogen-bond donors (Lipinski definition) is 1. The maximum absolute atomic E-state index is 13.8. The summed E-state index contributed by atoms with van der Waals surface area (Å²) in [5.41, 5.74) is -1.34. The van der Waals surface area contributed by atoms with Crippen LogP contribution in [0, 0.1) is 11.9 Å². The molecule has 1 aromatic rings. The normalized spacial score (nSPS) is 38.2. The Balaban J connectivity index is 1.97. The molecule has 0 spiro atoms. The lowest BCUT2D eigenvalue weighted by Gasteiger charge is -2.43. The molecule has 104 valence electrons. The summed E-state index contributed by atoms with van der Waals surface area (Å²) in [7, 11) is -0.944. The van der Waals surface area contributed by atoms with E-state index in [9.17, 15) is 18.1 Å². The van der Waals surface area contributed by atoms with E-state index in [4.69, 9.17) is 0 Å². The van der Waals surface area contributed by atoms with E-state index in [2.05, 4.69) is 4.98 Å². The van der Waals surface area contributed by atoms with Gasteiger partial charge >= 0.3 is 0 Å². The molecule has 3 nitrogen and oxygen atoms in total. The Hall–Kier alpha value is -0.880. The fraction of sp³-hybridized carbons (Fsp3) is 0.615. The minimum Gasteiger partial charge on any atom is -0.385 e. The van der Waals surface area contributed by atoms with Crippen LogP contribution >= 0.6 is 0 Å². The van der Waals surface area contributed by atoms with Crippen molar-refractivity contribution in [3.05, 3.63) is 29.6 Å². The third kappa shape index (κ3) is 2.21. The molecule has 2 aliphatic heterocycles. The predicted molar refractivity (Wildman–Crippen MR) is 66.9 cm³/mol. The highest BCUT2D eigenvalue weighted by molar-refractivity contribution is 7.86. The second kappa shape index (κ2) is 4.59. The van der Waals surface area contributed by atoms with Gasteiger partial charge in [0.25, 0.3) is 0 Å². The first-order valence-electron chi connectivity index (χ1n) is 6.44. The lowest BCUT2D eigenvalue weighted by molar-refractivity contribution is 0.00251. The van der Waals surface area contributed by atoms with Crippen molar-refractivity contribution in [1.82, 2.24) is 4.98 Å². The third-order valence-electron chi connectivity index (χ3n) is 4.16. The molecule has 0 amide bonds. The molecule has 19 heavy (non-hydrogen) atoms. The molecule has 0 aliphatic carbocycles. The van der Waals surface area contributed by atoms with Crippen LogP contribution in [0.15, 0.2) is 12.1 Å². The zero-order valence-electron chi connectivity index (χ0n) is 10.3. The number of halogens is 2. The van der Waals surface area contributed by atoms with E-state index < -0.39 is 28.3 Å². The minimum atomic E-state index is -1.37. The number of nitrogens with zero attached hydrogens (tertiary/aromatic N) is 1. The highest BCUT2D eigenvalue weighted by atomic mass is 32.2. The van der Waals surface area contributed by atoms with Crippen molar-refractivity contribution < 1.29 is 18.1 Å². The summed E-state index contributed by atoms with van der Waals surface area (Å²) >= 11 is 0. The third-order valence-corrected chi connectivity index (χ3v) is 6.27. The SMILES string of the molecule is O=S1C2CCCC1CC(O)(c1ccc(F)nc1F)C2. The first-order valence-corrected chi connectivity index (χ1v) is 7.71. The maximum Gasteiger partial charge on any atom is 0.221 e. The molecule has 0 aromatic carbocycles. The van der Waals surface area contributed by atoms with Gasteiger partial charge in [-0.15, -0.1) is 0 Å². The standard InChI is InChI=1S/C13H15F2NO2S/c14-11-5-4-10(12(15)16-11)13(17)6-8-2-1-3-9(7-13)19(8)18/h4-5,8-9,17H,1-3,6-7H2. The van der Waals surface area contributed by atoms with Gasteiger partial charge in [-0.1, -0.05) is 6.42 Å². The van der Waals surface area contributed by atoms with Gasteiger partial charge in [0.2, 0.25) is 11.9 Å². The number of pyridine rings is 1. The zero-order valence-corrected chi connectivity index (χ0v) is 11.1. The van der Waals surface area contributed by atoms with E-state index in [0.717, 1.165) is 25.3 Å². The van der Waals surface area contributed by atoms with Crippen molar-refractivity contribution in [2.75, 3.05) is 0 Å². The Kier molecular flexibility index (Phi) is 3.17. The van der Waals surface area contributed by atoms with E-state index in [1.165, 1.54) is 6.07 Å². The van der Waals surface area contributed by atoms with Gasteiger partial charge in [-0.3, -0.25) is 4.21 Å². The molecule has 2 aliphatic rings. The molecule has 2 saturated heterocycles. The summed E-state index contributed by atoms with van der Waals surface area (Å²) in [4.78, 5) is 3.14. The molecule has 1 N–H and O–H groups in total. The molecule has 3 heterocycles. The van der Waals surface area contributed by atoms with Crippen LogP contribution in [0.5, 0.6) is 0 Å². The average Bonchev–Trinajstić information content (AvgIpc) is 2.31. The fourth-order valence-electron chi connectivity index (χ4n) is 3.26. The summed E-state index contributed by atoms with van der Waals surface area (Å²) in [6.45, 7) is 0. The molecule has 0 saturated carbocycles. The average molecular weight is 287 g/mol. The van der Waals surface area contributed by atoms with Gasteiger partial charge < -0.3 is 5.11 Å². The smallest absolute Gasteiger partial charge is 0.221 e. The molecule has 2 unspecified atom stereocenters. The summed E-state index contributed by atoms with van der Waals surface area (Å²) in [5.74, 6) is -1.86. The van der Waals surface area contributed by atoms with Crippen LogP contribution in [0.2, 0.25) is 0 Å². The molecular weight excluding hydrogens is 272 g/mol. The number of hydrogen-bond acceptors (Lipinski definition) is 3. The number of aromatic nitrogens is 1. The van der Waals surface area contributed by atoms with Crippen LogP contribution in [-0.4, -0.2) is 24.8 Å². The second-order valence-corrected chi connectivity index (χ2v) is 7.41. The van der Waals surface area contributed by atoms with E-state index >= 15 is 0 Å². The lowest BCUT2D eigenvalue weighted by Crippen LogP contribution is -2.47. The topological polar surface area (TPSA) is 50.2 Å². The van der Waals surface area contributed by atoms with Crippen LogP contribution in [0.4, 0.5) is 8.78 Å². The Labute approximate surface area is 112 Å². The van der Waals surface area contributed by atoms with Gasteiger partial charge in [0, 0.05) is 26.9 Å². The molecular formula is C13H15F2NO2S. The molecule has 3 rings (SSSR count). The molecule has 0 radical (unpaired) electrons. The Morgan fingerprint density at radius 1 is 1.26 bits per heavy atom. The predicted octanol–water partition coefficient (Wildman–Crippen LogP) is 2.01. The molecule has 2 atom stereocenters. The van der Waals surface area contributed by atoms with Gasteiger partial charge in [-0.2, -0.15) is 13.8 Å². The quantitative estimate of drug-likeness (QED) is 0.804. The van der Waals surface area contributed by atoms with E-state index in [1.807, 2.05) is 0 Å². The van der Waals surface area contributed by atoms with E-state index in [1.54, 1.807) is 0 Å². The maximum atomic E-state index is 13.8. The summed E-state index contributed by atoms with van der Waals surface area (Å²) in [6, 6.07) is 2.30. The molecule has 2 fully saturated rings. The van der Waals surface area contributed by atoms with Crippen molar-refractivity contribution in [3.8, 4) is 0 Å². The summed E-state index contributed by atoms with van der Waals surface area (Å²) in [5, 5.41) is 10.5. The van der Waals surface area contributed by atoms with Gasteiger partial charge in [0.15, 0.2) is 0 Å². The van der Waals surface area contributed by atoms with Gasteiger partial charge in [-0.05, 0) is 37.8 Å². The number of aliphatic hydroxyl groups is 1. The summed E-state index contributed by atoms with van der Waals surface area (Å²) in [6.07, 6.45) is 3.12.